The lowest BCUT2D eigenvalue weighted by atomic mass is 10.1. The normalized spacial score (nSPS) is 14.5. The van der Waals surface area contributed by atoms with E-state index in [9.17, 15) is 4.79 Å². The molecule has 0 atom stereocenters. The van der Waals surface area contributed by atoms with Gasteiger partial charge in [0.05, 0.1) is 0 Å². The molecule has 0 saturated carbocycles. The number of para-hydroxylation sites is 1. The Hall–Kier alpha value is -2.84. The fraction of sp³-hybridized carbons (Fsp3) is 0.0870. The van der Waals surface area contributed by atoms with E-state index in [-0.39, 0.29) is 5.78 Å². The molecule has 26 heavy (non-hydrogen) atoms. The Balaban J connectivity index is 1.58. The van der Waals surface area contributed by atoms with Crippen LogP contribution >= 0.6 is 11.6 Å². The zero-order chi connectivity index (χ0) is 17.9. The smallest absolute Gasteiger partial charge is 0.189 e. The molecular weight excluding hydrogens is 344 g/mol. The molecule has 0 aliphatic heterocycles. The van der Waals surface area contributed by atoms with Crippen molar-refractivity contribution < 1.29 is 9.53 Å². The van der Waals surface area contributed by atoms with E-state index >= 15 is 0 Å². The van der Waals surface area contributed by atoms with Crippen LogP contribution in [0.15, 0.2) is 78.4 Å². The summed E-state index contributed by atoms with van der Waals surface area (Å²) in [7, 11) is 0. The third kappa shape index (κ3) is 3.42. The molecule has 0 N–H and O–H groups in total. The maximum atomic E-state index is 12.6. The molecule has 4 rings (SSSR count). The van der Waals surface area contributed by atoms with Crippen LogP contribution in [0.25, 0.3) is 6.08 Å². The molecule has 0 fully saturated rings. The zero-order valence-corrected chi connectivity index (χ0v) is 14.9. The highest BCUT2D eigenvalue weighted by Gasteiger charge is 2.24. The first-order chi connectivity index (χ1) is 12.7. The van der Waals surface area contributed by atoms with Gasteiger partial charge in [0.2, 0.25) is 0 Å². The van der Waals surface area contributed by atoms with Gasteiger partial charge < -0.3 is 4.74 Å². The Bertz CT molecular complexity index is 1000. The van der Waals surface area contributed by atoms with Gasteiger partial charge in [-0.3, -0.25) is 4.79 Å². The molecule has 0 bridgehead atoms. The van der Waals surface area contributed by atoms with Gasteiger partial charge in [-0.2, -0.15) is 0 Å². The van der Waals surface area contributed by atoms with Crippen molar-refractivity contribution in [2.75, 3.05) is 0 Å². The molecule has 3 heteroatoms. The van der Waals surface area contributed by atoms with Gasteiger partial charge in [-0.05, 0) is 35.4 Å². The van der Waals surface area contributed by atoms with E-state index in [1.807, 2.05) is 78.9 Å². The fourth-order valence-corrected chi connectivity index (χ4v) is 3.39. The third-order valence-corrected chi connectivity index (χ3v) is 4.70. The number of ether oxygens (including phenoxy) is 1. The van der Waals surface area contributed by atoms with Crippen molar-refractivity contribution in [3.8, 4) is 5.75 Å². The first kappa shape index (κ1) is 16.6. The molecule has 0 aromatic heterocycles. The summed E-state index contributed by atoms with van der Waals surface area (Å²) in [6.07, 6.45) is 2.60. The largest absolute Gasteiger partial charge is 0.488 e. The van der Waals surface area contributed by atoms with Gasteiger partial charge in [-0.25, -0.2) is 0 Å². The predicted molar refractivity (Wildman–Crippen MR) is 105 cm³/mol. The van der Waals surface area contributed by atoms with Crippen LogP contribution in [0.2, 0.25) is 5.02 Å². The molecule has 3 aromatic carbocycles. The minimum Gasteiger partial charge on any atom is -0.488 e. The van der Waals surface area contributed by atoms with Crippen LogP contribution in [0.3, 0.4) is 0 Å². The van der Waals surface area contributed by atoms with Crippen LogP contribution in [0, 0.1) is 0 Å². The number of Topliss-reactive ketones (excluding diaryl/α,β-unsaturated/α-hetero) is 1. The van der Waals surface area contributed by atoms with Crippen LogP contribution in [-0.2, 0) is 13.0 Å². The van der Waals surface area contributed by atoms with Crippen LogP contribution in [0.1, 0.15) is 27.0 Å². The summed E-state index contributed by atoms with van der Waals surface area (Å²) in [5.74, 6) is 0.856. The van der Waals surface area contributed by atoms with E-state index in [0.29, 0.717) is 18.1 Å². The molecule has 128 valence electrons. The predicted octanol–water partition coefficient (Wildman–Crippen LogP) is 5.74. The summed E-state index contributed by atoms with van der Waals surface area (Å²) in [6, 6.07) is 23.2. The molecule has 1 aliphatic carbocycles. The standard InChI is InChI=1S/C23H17ClO2/c24-20-9-5-6-16(12-20)15-26-22-11-4-2-8-18(22)14-19-13-17-7-1-3-10-21(17)23(19)25/h1-12,14H,13,15H2/b19-14+. The van der Waals surface area contributed by atoms with E-state index in [0.717, 1.165) is 33.6 Å². The summed E-state index contributed by atoms with van der Waals surface area (Å²) in [5.41, 5.74) is 4.59. The summed E-state index contributed by atoms with van der Waals surface area (Å²) < 4.78 is 5.99. The van der Waals surface area contributed by atoms with Gasteiger partial charge in [0.1, 0.15) is 12.4 Å². The van der Waals surface area contributed by atoms with Crippen molar-refractivity contribution in [2.45, 2.75) is 13.0 Å². The van der Waals surface area contributed by atoms with Gasteiger partial charge in [0, 0.05) is 28.1 Å². The number of hydrogen-bond acceptors (Lipinski definition) is 2. The Labute approximate surface area is 157 Å². The van der Waals surface area contributed by atoms with E-state index in [2.05, 4.69) is 0 Å². The van der Waals surface area contributed by atoms with Crippen LogP contribution in [0.5, 0.6) is 5.75 Å². The van der Waals surface area contributed by atoms with Gasteiger partial charge in [-0.15, -0.1) is 0 Å². The number of ketones is 1. The molecule has 0 heterocycles. The van der Waals surface area contributed by atoms with Crippen molar-refractivity contribution in [3.05, 3.63) is 106 Å². The molecule has 3 aromatic rings. The van der Waals surface area contributed by atoms with Crippen molar-refractivity contribution in [2.24, 2.45) is 0 Å². The summed E-state index contributed by atoms with van der Waals surface area (Å²) in [5, 5.41) is 0.691. The Morgan fingerprint density at radius 2 is 1.77 bits per heavy atom. The highest BCUT2D eigenvalue weighted by atomic mass is 35.5. The van der Waals surface area contributed by atoms with Crippen molar-refractivity contribution in [3.63, 3.8) is 0 Å². The maximum Gasteiger partial charge on any atom is 0.189 e. The summed E-state index contributed by atoms with van der Waals surface area (Å²) >= 11 is 6.03. The van der Waals surface area contributed by atoms with Gasteiger partial charge >= 0.3 is 0 Å². The molecule has 0 spiro atoms. The molecule has 0 radical (unpaired) electrons. The average molecular weight is 361 g/mol. The summed E-state index contributed by atoms with van der Waals surface area (Å²) in [4.78, 5) is 12.6. The molecular formula is C23H17ClO2. The van der Waals surface area contributed by atoms with E-state index in [1.54, 1.807) is 0 Å². The first-order valence-electron chi connectivity index (χ1n) is 8.50. The Morgan fingerprint density at radius 3 is 2.62 bits per heavy atom. The lowest BCUT2D eigenvalue weighted by Gasteiger charge is -2.10. The zero-order valence-electron chi connectivity index (χ0n) is 14.1. The quantitative estimate of drug-likeness (QED) is 0.554. The molecule has 0 saturated heterocycles. The number of allylic oxidation sites excluding steroid dienone is 1. The monoisotopic (exact) mass is 360 g/mol. The van der Waals surface area contributed by atoms with E-state index in [1.165, 1.54) is 0 Å². The first-order valence-corrected chi connectivity index (χ1v) is 8.88. The van der Waals surface area contributed by atoms with Gasteiger partial charge in [0.25, 0.3) is 0 Å². The Kier molecular flexibility index (Phi) is 4.59. The molecule has 1 aliphatic rings. The average Bonchev–Trinajstić information content (AvgIpc) is 2.97. The highest BCUT2D eigenvalue weighted by Crippen LogP contribution is 2.30. The van der Waals surface area contributed by atoms with Crippen molar-refractivity contribution in [1.29, 1.82) is 0 Å². The summed E-state index contributed by atoms with van der Waals surface area (Å²) in [6.45, 7) is 0.426. The van der Waals surface area contributed by atoms with E-state index in [4.69, 9.17) is 16.3 Å². The number of benzene rings is 3. The van der Waals surface area contributed by atoms with Crippen molar-refractivity contribution in [1.82, 2.24) is 0 Å². The second kappa shape index (κ2) is 7.19. The molecule has 0 amide bonds. The topological polar surface area (TPSA) is 26.3 Å². The number of fused-ring (bicyclic) bond motifs is 1. The fourth-order valence-electron chi connectivity index (χ4n) is 3.18. The van der Waals surface area contributed by atoms with Crippen molar-refractivity contribution >= 4 is 23.5 Å². The molecule has 2 nitrogen and oxygen atoms in total. The number of hydrogen-bond donors (Lipinski definition) is 0. The number of carbonyl (C=O) groups is 1. The SMILES string of the molecule is O=C1/C(=C/c2ccccc2OCc2cccc(Cl)c2)Cc2ccccc21. The number of halogens is 1. The third-order valence-electron chi connectivity index (χ3n) is 4.47. The minimum absolute atomic E-state index is 0.102. The highest BCUT2D eigenvalue weighted by molar-refractivity contribution is 6.30. The number of carbonyl (C=O) groups excluding carboxylic acids is 1. The van der Waals surface area contributed by atoms with Gasteiger partial charge in [-0.1, -0.05) is 66.2 Å². The lowest BCUT2D eigenvalue weighted by Crippen LogP contribution is -1.98. The Morgan fingerprint density at radius 1 is 0.962 bits per heavy atom. The van der Waals surface area contributed by atoms with E-state index < -0.39 is 0 Å². The maximum absolute atomic E-state index is 12.6. The van der Waals surface area contributed by atoms with Crippen LogP contribution in [-0.4, -0.2) is 5.78 Å². The van der Waals surface area contributed by atoms with Gasteiger partial charge in [0.15, 0.2) is 5.78 Å². The van der Waals surface area contributed by atoms with Crippen LogP contribution < -0.4 is 4.74 Å². The number of rotatable bonds is 4. The second-order valence-electron chi connectivity index (χ2n) is 6.29. The van der Waals surface area contributed by atoms with Crippen LogP contribution in [0.4, 0.5) is 0 Å². The minimum atomic E-state index is 0.102. The second-order valence-corrected chi connectivity index (χ2v) is 6.73. The molecule has 0 unspecified atom stereocenters. The lowest BCUT2D eigenvalue weighted by molar-refractivity contribution is 0.104.